The number of nitrogens with two attached hydrogens (primary N) is 1. The van der Waals surface area contributed by atoms with Crippen LogP contribution in [0.3, 0.4) is 0 Å². The zero-order chi connectivity index (χ0) is 13.3. The molecule has 1 aliphatic carbocycles. The van der Waals surface area contributed by atoms with Gasteiger partial charge in [-0.25, -0.2) is 13.1 Å². The van der Waals surface area contributed by atoms with Gasteiger partial charge in [-0.2, -0.15) is 5.10 Å². The molecule has 1 aromatic heterocycles. The Morgan fingerprint density at radius 1 is 1.56 bits per heavy atom. The lowest BCUT2D eigenvalue weighted by molar-refractivity contribution is 0.490. The van der Waals surface area contributed by atoms with Crippen molar-refractivity contribution in [2.24, 2.45) is 17.6 Å². The van der Waals surface area contributed by atoms with Crippen molar-refractivity contribution in [1.82, 2.24) is 14.9 Å². The van der Waals surface area contributed by atoms with Crippen molar-refractivity contribution in [2.45, 2.75) is 38.3 Å². The number of aryl methyl sites for hydroxylation is 1. The summed E-state index contributed by atoms with van der Waals surface area (Å²) in [6.07, 6.45) is 2.41. The topological polar surface area (TPSA) is 101 Å². The number of nitrogens with one attached hydrogen (secondary N) is 2. The molecule has 1 unspecified atom stereocenters. The van der Waals surface area contributed by atoms with Gasteiger partial charge in [0, 0.05) is 24.3 Å². The second-order valence-electron chi connectivity index (χ2n) is 5.00. The average Bonchev–Trinajstić information content (AvgIpc) is 3.09. The van der Waals surface area contributed by atoms with Crippen LogP contribution in [0.4, 0.5) is 0 Å². The second kappa shape index (κ2) is 4.99. The molecule has 0 radical (unpaired) electrons. The molecule has 1 aliphatic rings. The molecule has 1 aromatic rings. The first-order valence-electron chi connectivity index (χ1n) is 6.19. The lowest BCUT2D eigenvalue weighted by atomic mass is 10.1. The highest BCUT2D eigenvalue weighted by atomic mass is 32.2. The van der Waals surface area contributed by atoms with E-state index in [0.717, 1.165) is 0 Å². The number of sulfonamides is 1. The van der Waals surface area contributed by atoms with E-state index in [1.807, 2.05) is 0 Å². The maximum atomic E-state index is 12.1. The van der Waals surface area contributed by atoms with Crippen LogP contribution in [-0.2, 0) is 16.6 Å². The van der Waals surface area contributed by atoms with E-state index in [4.69, 9.17) is 5.73 Å². The van der Waals surface area contributed by atoms with Crippen molar-refractivity contribution in [3.63, 3.8) is 0 Å². The van der Waals surface area contributed by atoms with Crippen molar-refractivity contribution in [2.75, 3.05) is 6.54 Å². The summed E-state index contributed by atoms with van der Waals surface area (Å²) >= 11 is 0. The molecule has 1 heterocycles. The SMILES string of the molecule is Cc1[nH]nc(S(=O)(=O)NCC(C)C2CC2)c1CN. The predicted octanol–water partition coefficient (Wildman–Crippen LogP) is 0.501. The lowest BCUT2D eigenvalue weighted by Gasteiger charge is -2.11. The van der Waals surface area contributed by atoms with Crippen molar-refractivity contribution in [1.29, 1.82) is 0 Å². The molecule has 0 bridgehead atoms. The van der Waals surface area contributed by atoms with Crippen LogP contribution in [0.15, 0.2) is 5.03 Å². The molecule has 0 aromatic carbocycles. The molecule has 2 rings (SSSR count). The quantitative estimate of drug-likeness (QED) is 0.702. The van der Waals surface area contributed by atoms with E-state index >= 15 is 0 Å². The maximum Gasteiger partial charge on any atom is 0.260 e. The zero-order valence-corrected chi connectivity index (χ0v) is 11.5. The van der Waals surface area contributed by atoms with Crippen LogP contribution in [0, 0.1) is 18.8 Å². The molecule has 0 aliphatic heterocycles. The van der Waals surface area contributed by atoms with Crippen LogP contribution in [0.2, 0.25) is 0 Å². The van der Waals surface area contributed by atoms with Crippen LogP contribution in [0.1, 0.15) is 31.0 Å². The molecule has 1 atom stereocenters. The van der Waals surface area contributed by atoms with Crippen LogP contribution in [0.25, 0.3) is 0 Å². The Morgan fingerprint density at radius 2 is 2.22 bits per heavy atom. The summed E-state index contributed by atoms with van der Waals surface area (Å²) < 4.78 is 26.9. The van der Waals surface area contributed by atoms with Gasteiger partial charge in [-0.1, -0.05) is 6.92 Å². The molecule has 0 amide bonds. The van der Waals surface area contributed by atoms with E-state index in [9.17, 15) is 8.42 Å². The summed E-state index contributed by atoms with van der Waals surface area (Å²) in [7, 11) is -3.56. The van der Waals surface area contributed by atoms with Crippen molar-refractivity contribution in [3.05, 3.63) is 11.3 Å². The lowest BCUT2D eigenvalue weighted by Crippen LogP contribution is -2.30. The van der Waals surface area contributed by atoms with E-state index in [0.29, 0.717) is 29.6 Å². The van der Waals surface area contributed by atoms with Gasteiger partial charge in [0.1, 0.15) is 0 Å². The summed E-state index contributed by atoms with van der Waals surface area (Å²) in [5.74, 6) is 1.05. The molecule has 18 heavy (non-hydrogen) atoms. The number of rotatable bonds is 6. The number of hydrogen-bond donors (Lipinski definition) is 3. The fourth-order valence-electron chi connectivity index (χ4n) is 2.03. The Labute approximate surface area is 107 Å². The second-order valence-corrected chi connectivity index (χ2v) is 6.69. The number of aromatic nitrogens is 2. The Morgan fingerprint density at radius 3 is 2.78 bits per heavy atom. The summed E-state index contributed by atoms with van der Waals surface area (Å²) in [6, 6.07) is 0. The van der Waals surface area contributed by atoms with Gasteiger partial charge in [0.25, 0.3) is 10.0 Å². The molecule has 0 saturated heterocycles. The smallest absolute Gasteiger partial charge is 0.260 e. The van der Waals surface area contributed by atoms with Gasteiger partial charge in [0.15, 0.2) is 5.03 Å². The largest absolute Gasteiger partial charge is 0.326 e. The summed E-state index contributed by atoms with van der Waals surface area (Å²) in [4.78, 5) is 0. The molecule has 0 spiro atoms. The molecular formula is C11H20N4O2S. The number of nitrogens with zero attached hydrogens (tertiary/aromatic N) is 1. The summed E-state index contributed by atoms with van der Waals surface area (Å²) in [5, 5.41) is 6.54. The summed E-state index contributed by atoms with van der Waals surface area (Å²) in [5.41, 5.74) is 6.81. The molecule has 7 heteroatoms. The van der Waals surface area contributed by atoms with E-state index in [1.165, 1.54) is 12.8 Å². The molecule has 1 fully saturated rings. The highest BCUT2D eigenvalue weighted by molar-refractivity contribution is 7.89. The van der Waals surface area contributed by atoms with Crippen molar-refractivity contribution < 1.29 is 8.42 Å². The fourth-order valence-corrected chi connectivity index (χ4v) is 3.38. The van der Waals surface area contributed by atoms with E-state index in [2.05, 4.69) is 21.8 Å². The van der Waals surface area contributed by atoms with E-state index in [1.54, 1.807) is 6.92 Å². The van der Waals surface area contributed by atoms with Crippen LogP contribution in [0.5, 0.6) is 0 Å². The molecule has 6 nitrogen and oxygen atoms in total. The van der Waals surface area contributed by atoms with Gasteiger partial charge in [0.05, 0.1) is 0 Å². The standard InChI is InChI=1S/C11H20N4O2S/c1-7(9-3-4-9)6-13-18(16,17)11-10(5-12)8(2)14-15-11/h7,9,13H,3-6,12H2,1-2H3,(H,14,15). The number of H-pyrrole nitrogens is 1. The van der Waals surface area contributed by atoms with Crippen molar-refractivity contribution >= 4 is 10.0 Å². The Bertz CT molecular complexity index is 519. The third kappa shape index (κ3) is 2.73. The minimum atomic E-state index is -3.56. The normalized spacial score (nSPS) is 17.9. The highest BCUT2D eigenvalue weighted by Crippen LogP contribution is 2.36. The fraction of sp³-hybridized carbons (Fsp3) is 0.727. The minimum Gasteiger partial charge on any atom is -0.326 e. The predicted molar refractivity (Wildman–Crippen MR) is 68.3 cm³/mol. The summed E-state index contributed by atoms with van der Waals surface area (Å²) in [6.45, 7) is 4.46. The molecular weight excluding hydrogens is 252 g/mol. The molecule has 1 saturated carbocycles. The van der Waals surface area contributed by atoms with E-state index < -0.39 is 10.0 Å². The number of aromatic amines is 1. The molecule has 102 valence electrons. The van der Waals surface area contributed by atoms with Gasteiger partial charge in [0.2, 0.25) is 0 Å². The van der Waals surface area contributed by atoms with Gasteiger partial charge in [-0.3, -0.25) is 5.10 Å². The number of hydrogen-bond acceptors (Lipinski definition) is 4. The van der Waals surface area contributed by atoms with Crippen LogP contribution < -0.4 is 10.5 Å². The monoisotopic (exact) mass is 272 g/mol. The van der Waals surface area contributed by atoms with Gasteiger partial charge >= 0.3 is 0 Å². The van der Waals surface area contributed by atoms with Gasteiger partial charge in [-0.05, 0) is 31.6 Å². The van der Waals surface area contributed by atoms with Crippen molar-refractivity contribution in [3.8, 4) is 0 Å². The van der Waals surface area contributed by atoms with Gasteiger partial charge in [-0.15, -0.1) is 0 Å². The Hall–Kier alpha value is -0.920. The zero-order valence-electron chi connectivity index (χ0n) is 10.7. The Kier molecular flexibility index (Phi) is 3.74. The first-order chi connectivity index (χ1) is 8.45. The molecule has 4 N–H and O–H groups in total. The first-order valence-corrected chi connectivity index (χ1v) is 7.67. The van der Waals surface area contributed by atoms with Gasteiger partial charge < -0.3 is 5.73 Å². The third-order valence-corrected chi connectivity index (χ3v) is 4.91. The highest BCUT2D eigenvalue weighted by Gasteiger charge is 2.30. The van der Waals surface area contributed by atoms with Crippen LogP contribution >= 0.6 is 0 Å². The van der Waals surface area contributed by atoms with E-state index in [-0.39, 0.29) is 11.6 Å². The maximum absolute atomic E-state index is 12.1. The Balaban J connectivity index is 2.09. The minimum absolute atomic E-state index is 0.0329. The first kappa shape index (κ1) is 13.5. The van der Waals surface area contributed by atoms with Crippen LogP contribution in [-0.4, -0.2) is 25.2 Å². The average molecular weight is 272 g/mol. The third-order valence-electron chi connectivity index (χ3n) is 3.52.